The van der Waals surface area contributed by atoms with Crippen LogP contribution in [0.1, 0.15) is 33.6 Å². The van der Waals surface area contributed by atoms with E-state index in [2.05, 4.69) is 53.2 Å². The van der Waals surface area contributed by atoms with Crippen LogP contribution in [-0.4, -0.2) is 39.2 Å². The number of carboxylic acids is 1. The second-order valence-electron chi connectivity index (χ2n) is 11.0. The normalized spacial score (nSPS) is 11.4. The van der Waals surface area contributed by atoms with Crippen molar-refractivity contribution in [2.45, 2.75) is 33.0 Å². The summed E-state index contributed by atoms with van der Waals surface area (Å²) in [5.41, 5.74) is 6.53. The number of fused-ring (bicyclic) bond motifs is 2. The molecule has 0 atom stereocenters. The molecule has 6 rings (SSSR count). The van der Waals surface area contributed by atoms with Gasteiger partial charge in [-0.1, -0.05) is 72.8 Å². The fourth-order valence-electron chi connectivity index (χ4n) is 6.07. The van der Waals surface area contributed by atoms with Crippen LogP contribution < -0.4 is 4.74 Å². The van der Waals surface area contributed by atoms with Gasteiger partial charge < -0.3 is 14.4 Å². The van der Waals surface area contributed by atoms with E-state index in [0.29, 0.717) is 38.4 Å². The SMILES string of the molecule is Cc1ccccc1-c1cccc2c1c(CN(C)Cc1ccncc1)c(C(=O)O)n2CCCOc1cccc2ccccc12. The van der Waals surface area contributed by atoms with Gasteiger partial charge in [0.25, 0.3) is 0 Å². The summed E-state index contributed by atoms with van der Waals surface area (Å²) in [7, 11) is 2.03. The van der Waals surface area contributed by atoms with Gasteiger partial charge in [-0.2, -0.15) is 0 Å². The Morgan fingerprint density at radius 3 is 2.40 bits per heavy atom. The average molecular weight is 570 g/mol. The molecular weight excluding hydrogens is 534 g/mol. The Bertz CT molecular complexity index is 1890. The van der Waals surface area contributed by atoms with E-state index in [-0.39, 0.29) is 0 Å². The third kappa shape index (κ3) is 5.87. The van der Waals surface area contributed by atoms with Crippen LogP contribution in [-0.2, 0) is 19.6 Å². The highest BCUT2D eigenvalue weighted by molar-refractivity contribution is 6.05. The maximum Gasteiger partial charge on any atom is 0.352 e. The van der Waals surface area contributed by atoms with Crippen molar-refractivity contribution in [1.29, 1.82) is 0 Å². The minimum absolute atomic E-state index is 0.336. The Morgan fingerprint density at radius 2 is 1.58 bits per heavy atom. The van der Waals surface area contributed by atoms with Crippen molar-refractivity contribution >= 4 is 27.6 Å². The fourth-order valence-corrected chi connectivity index (χ4v) is 6.07. The van der Waals surface area contributed by atoms with Crippen LogP contribution in [0.15, 0.2) is 109 Å². The number of hydrogen-bond acceptors (Lipinski definition) is 4. The molecule has 4 aromatic carbocycles. The van der Waals surface area contributed by atoms with Crippen LogP contribution >= 0.6 is 0 Å². The third-order valence-electron chi connectivity index (χ3n) is 7.99. The van der Waals surface area contributed by atoms with Gasteiger partial charge in [-0.25, -0.2) is 4.79 Å². The number of aromatic nitrogens is 2. The van der Waals surface area contributed by atoms with Crippen LogP contribution in [0.4, 0.5) is 0 Å². The number of carbonyl (C=O) groups is 1. The zero-order valence-corrected chi connectivity index (χ0v) is 24.5. The Labute approximate surface area is 251 Å². The van der Waals surface area contributed by atoms with Gasteiger partial charge in [-0.05, 0) is 72.3 Å². The highest BCUT2D eigenvalue weighted by atomic mass is 16.5. The Hall–Kier alpha value is -4.94. The summed E-state index contributed by atoms with van der Waals surface area (Å²) in [4.78, 5) is 19.3. The highest BCUT2D eigenvalue weighted by Crippen LogP contribution is 2.37. The Morgan fingerprint density at radius 1 is 0.860 bits per heavy atom. The van der Waals surface area contributed by atoms with Crippen LogP contribution in [0.2, 0.25) is 0 Å². The largest absolute Gasteiger partial charge is 0.493 e. The Kier molecular flexibility index (Phi) is 8.20. The molecule has 2 heterocycles. The lowest BCUT2D eigenvalue weighted by molar-refractivity contribution is 0.0682. The first-order valence-corrected chi connectivity index (χ1v) is 14.6. The maximum absolute atomic E-state index is 13.0. The molecule has 0 aliphatic heterocycles. The molecule has 0 saturated carbocycles. The monoisotopic (exact) mass is 569 g/mol. The predicted molar refractivity (Wildman–Crippen MR) is 173 cm³/mol. The number of hydrogen-bond donors (Lipinski definition) is 1. The molecule has 6 heteroatoms. The second kappa shape index (κ2) is 12.5. The minimum Gasteiger partial charge on any atom is -0.493 e. The lowest BCUT2D eigenvalue weighted by Gasteiger charge is -2.18. The second-order valence-corrected chi connectivity index (χ2v) is 11.0. The van der Waals surface area contributed by atoms with Gasteiger partial charge >= 0.3 is 5.97 Å². The minimum atomic E-state index is -0.922. The molecule has 0 radical (unpaired) electrons. The summed E-state index contributed by atoms with van der Waals surface area (Å²) in [6.45, 7) is 4.27. The number of carboxylic acid groups (broad SMARTS) is 1. The third-order valence-corrected chi connectivity index (χ3v) is 7.99. The van der Waals surface area contributed by atoms with Gasteiger partial charge in [0.1, 0.15) is 11.4 Å². The Balaban J connectivity index is 1.37. The van der Waals surface area contributed by atoms with E-state index >= 15 is 0 Å². The molecule has 43 heavy (non-hydrogen) atoms. The van der Waals surface area contributed by atoms with Crippen LogP contribution in [0.25, 0.3) is 32.8 Å². The van der Waals surface area contributed by atoms with E-state index in [4.69, 9.17) is 4.74 Å². The molecule has 6 nitrogen and oxygen atoms in total. The zero-order valence-electron chi connectivity index (χ0n) is 24.5. The van der Waals surface area contributed by atoms with Gasteiger partial charge in [0.05, 0.1) is 6.61 Å². The molecule has 216 valence electrons. The molecule has 1 N–H and O–H groups in total. The first-order valence-electron chi connectivity index (χ1n) is 14.6. The molecule has 2 aromatic heterocycles. The van der Waals surface area contributed by atoms with Gasteiger partial charge in [0, 0.05) is 53.9 Å². The highest BCUT2D eigenvalue weighted by Gasteiger charge is 2.25. The zero-order chi connectivity index (χ0) is 29.8. The van der Waals surface area contributed by atoms with Crippen molar-refractivity contribution in [3.63, 3.8) is 0 Å². The number of aromatic carboxylic acids is 1. The molecule has 0 aliphatic carbocycles. The number of benzene rings is 4. The molecule has 0 unspecified atom stereocenters. The van der Waals surface area contributed by atoms with E-state index in [1.807, 2.05) is 72.3 Å². The van der Waals surface area contributed by atoms with Gasteiger partial charge in [0.15, 0.2) is 0 Å². The number of nitrogens with zero attached hydrogens (tertiary/aromatic N) is 3. The molecule has 0 fully saturated rings. The topological polar surface area (TPSA) is 67.6 Å². The van der Waals surface area contributed by atoms with Crippen molar-refractivity contribution < 1.29 is 14.6 Å². The van der Waals surface area contributed by atoms with Crippen molar-refractivity contribution in [2.24, 2.45) is 0 Å². The lowest BCUT2D eigenvalue weighted by atomic mass is 9.95. The number of aryl methyl sites for hydroxylation is 2. The fraction of sp³-hybridized carbons (Fsp3) is 0.189. The first kappa shape index (κ1) is 28.2. The van der Waals surface area contributed by atoms with E-state index in [9.17, 15) is 9.90 Å². The standard InChI is InChI=1S/C37H35N3O3/c1-26-10-3-5-13-29(26)31-15-8-16-33-35(31)32(25-39(2)24-27-18-20-38-21-19-27)36(37(41)42)40(33)22-9-23-43-34-17-7-12-28-11-4-6-14-30(28)34/h3-8,10-21H,9,22-25H2,1-2H3,(H,41,42). The first-order chi connectivity index (χ1) is 21.0. The summed E-state index contributed by atoms with van der Waals surface area (Å²) < 4.78 is 8.20. The number of ether oxygens (including phenoxy) is 1. The van der Waals surface area contributed by atoms with E-state index < -0.39 is 5.97 Å². The van der Waals surface area contributed by atoms with E-state index in [1.165, 1.54) is 0 Å². The molecule has 0 amide bonds. The number of pyridine rings is 1. The maximum atomic E-state index is 13.0. The van der Waals surface area contributed by atoms with Crippen LogP contribution in [0.5, 0.6) is 5.75 Å². The van der Waals surface area contributed by atoms with Gasteiger partial charge in [-0.3, -0.25) is 9.88 Å². The van der Waals surface area contributed by atoms with Gasteiger partial charge in [-0.15, -0.1) is 0 Å². The number of rotatable bonds is 11. The van der Waals surface area contributed by atoms with Crippen LogP contribution in [0.3, 0.4) is 0 Å². The predicted octanol–water partition coefficient (Wildman–Crippen LogP) is 7.96. The van der Waals surface area contributed by atoms with E-state index in [1.54, 1.807) is 12.4 Å². The molecule has 0 aliphatic rings. The van der Waals surface area contributed by atoms with Crippen molar-refractivity contribution in [2.75, 3.05) is 13.7 Å². The van der Waals surface area contributed by atoms with Crippen molar-refractivity contribution in [3.8, 4) is 16.9 Å². The van der Waals surface area contributed by atoms with Crippen molar-refractivity contribution in [1.82, 2.24) is 14.5 Å². The molecule has 0 bridgehead atoms. The van der Waals surface area contributed by atoms with Gasteiger partial charge in [0.2, 0.25) is 0 Å². The summed E-state index contributed by atoms with van der Waals surface area (Å²) in [5.74, 6) is -0.0802. The molecule has 6 aromatic rings. The molecule has 0 saturated heterocycles. The summed E-state index contributed by atoms with van der Waals surface area (Å²) >= 11 is 0. The average Bonchev–Trinajstić information content (AvgIpc) is 3.33. The summed E-state index contributed by atoms with van der Waals surface area (Å²) in [6.07, 6.45) is 4.23. The summed E-state index contributed by atoms with van der Waals surface area (Å²) in [5, 5.41) is 13.8. The lowest BCUT2D eigenvalue weighted by Crippen LogP contribution is -2.20. The van der Waals surface area contributed by atoms with E-state index in [0.717, 1.165) is 55.2 Å². The van der Waals surface area contributed by atoms with Crippen LogP contribution in [0, 0.1) is 6.92 Å². The smallest absolute Gasteiger partial charge is 0.352 e. The quantitative estimate of drug-likeness (QED) is 0.160. The molecule has 0 spiro atoms. The summed E-state index contributed by atoms with van der Waals surface area (Å²) in [6, 6.07) is 32.7. The van der Waals surface area contributed by atoms with Crippen molar-refractivity contribution in [3.05, 3.63) is 132 Å². The molecular formula is C37H35N3O3.